The average molecular weight is 264 g/mol. The van der Waals surface area contributed by atoms with Gasteiger partial charge in [-0.1, -0.05) is 0 Å². The van der Waals surface area contributed by atoms with Crippen LogP contribution in [0.1, 0.15) is 27.2 Å². The second-order valence-corrected chi connectivity index (χ2v) is 5.65. The molecule has 1 amide bonds. The van der Waals surface area contributed by atoms with Crippen molar-refractivity contribution in [2.75, 3.05) is 18.4 Å². The number of rotatable bonds is 2. The summed E-state index contributed by atoms with van der Waals surface area (Å²) in [5.74, 6) is 0.783. The quantitative estimate of drug-likeness (QED) is 0.883. The summed E-state index contributed by atoms with van der Waals surface area (Å²) in [6.07, 6.45) is 3.83. The van der Waals surface area contributed by atoms with Gasteiger partial charge < -0.3 is 15.0 Å². The minimum Gasteiger partial charge on any atom is -0.444 e. The van der Waals surface area contributed by atoms with Crippen LogP contribution in [-0.2, 0) is 4.74 Å². The molecule has 1 saturated heterocycles. The molecule has 1 aromatic heterocycles. The van der Waals surface area contributed by atoms with Crippen LogP contribution in [0.4, 0.5) is 10.6 Å². The molecule has 0 spiro atoms. The van der Waals surface area contributed by atoms with E-state index >= 15 is 0 Å². The van der Waals surface area contributed by atoms with Crippen LogP contribution in [0.3, 0.4) is 0 Å². The molecule has 19 heavy (non-hydrogen) atoms. The fraction of sp³-hybridized carbons (Fsp3) is 0.615. The van der Waals surface area contributed by atoms with Gasteiger partial charge in [0.05, 0.1) is 0 Å². The van der Waals surface area contributed by atoms with Gasteiger partial charge in [-0.3, -0.25) is 0 Å². The lowest BCUT2D eigenvalue weighted by Gasteiger charge is -2.24. The zero-order chi connectivity index (χ0) is 13.9. The fourth-order valence-electron chi connectivity index (χ4n) is 1.96. The van der Waals surface area contributed by atoms with E-state index in [1.54, 1.807) is 11.1 Å². The predicted octanol–water partition coefficient (Wildman–Crippen LogP) is 1.90. The van der Waals surface area contributed by atoms with Crippen molar-refractivity contribution < 1.29 is 9.53 Å². The molecule has 1 fully saturated rings. The number of carbonyl (C=O) groups is 1. The maximum atomic E-state index is 11.9. The van der Waals surface area contributed by atoms with Gasteiger partial charge in [0.1, 0.15) is 17.7 Å². The summed E-state index contributed by atoms with van der Waals surface area (Å²) in [7, 11) is 0. The fourth-order valence-corrected chi connectivity index (χ4v) is 1.96. The van der Waals surface area contributed by atoms with Crippen LogP contribution in [0.15, 0.2) is 18.6 Å². The van der Waals surface area contributed by atoms with Gasteiger partial charge in [0.15, 0.2) is 0 Å². The van der Waals surface area contributed by atoms with Crippen molar-refractivity contribution in [3.8, 4) is 0 Å². The van der Waals surface area contributed by atoms with E-state index in [4.69, 9.17) is 4.74 Å². The summed E-state index contributed by atoms with van der Waals surface area (Å²) < 4.78 is 5.35. The van der Waals surface area contributed by atoms with Crippen LogP contribution < -0.4 is 5.32 Å². The van der Waals surface area contributed by atoms with Gasteiger partial charge >= 0.3 is 6.09 Å². The molecular weight excluding hydrogens is 244 g/mol. The molecule has 0 unspecified atom stereocenters. The second-order valence-electron chi connectivity index (χ2n) is 5.65. The first kappa shape index (κ1) is 13.6. The standard InChI is InChI=1S/C13H20N4O2/c1-13(2,3)19-12(18)17-7-5-10(8-17)16-11-4-6-14-9-15-11/h4,6,9-10H,5,7-8H2,1-3H3,(H,14,15,16)/t10-/m0/s1. The van der Waals surface area contributed by atoms with Gasteiger partial charge in [-0.2, -0.15) is 0 Å². The molecule has 0 radical (unpaired) electrons. The van der Waals surface area contributed by atoms with Gasteiger partial charge in [-0.15, -0.1) is 0 Å². The Balaban J connectivity index is 1.85. The lowest BCUT2D eigenvalue weighted by atomic mass is 10.2. The summed E-state index contributed by atoms with van der Waals surface area (Å²) in [6, 6.07) is 2.03. The highest BCUT2D eigenvalue weighted by molar-refractivity contribution is 5.68. The number of hydrogen-bond acceptors (Lipinski definition) is 5. The first-order chi connectivity index (χ1) is 8.94. The van der Waals surface area contributed by atoms with Gasteiger partial charge in [0.25, 0.3) is 0 Å². The maximum Gasteiger partial charge on any atom is 0.410 e. The maximum absolute atomic E-state index is 11.9. The number of carbonyl (C=O) groups excluding carboxylic acids is 1. The van der Waals surface area contributed by atoms with Crippen LogP contribution in [0.25, 0.3) is 0 Å². The van der Waals surface area contributed by atoms with Gasteiger partial charge in [0.2, 0.25) is 0 Å². The molecule has 6 heteroatoms. The van der Waals surface area contributed by atoms with Gasteiger partial charge in [-0.25, -0.2) is 14.8 Å². The molecule has 0 saturated carbocycles. The molecule has 1 N–H and O–H groups in total. The van der Waals surface area contributed by atoms with Gasteiger partial charge in [0, 0.05) is 25.3 Å². The molecule has 104 valence electrons. The summed E-state index contributed by atoms with van der Waals surface area (Å²) in [6.45, 7) is 6.96. The van der Waals surface area contributed by atoms with Crippen LogP contribution >= 0.6 is 0 Å². The molecule has 2 rings (SSSR count). The third kappa shape index (κ3) is 4.08. The molecule has 0 bridgehead atoms. The zero-order valence-electron chi connectivity index (χ0n) is 11.6. The Bertz CT molecular complexity index is 430. The Morgan fingerprint density at radius 3 is 2.95 bits per heavy atom. The number of hydrogen-bond donors (Lipinski definition) is 1. The van der Waals surface area contributed by atoms with E-state index in [0.717, 1.165) is 12.2 Å². The number of aromatic nitrogens is 2. The van der Waals surface area contributed by atoms with Crippen molar-refractivity contribution in [3.63, 3.8) is 0 Å². The molecule has 1 aliphatic rings. The Labute approximate surface area is 113 Å². The number of likely N-dealkylation sites (tertiary alicyclic amines) is 1. The number of amides is 1. The minimum atomic E-state index is -0.449. The lowest BCUT2D eigenvalue weighted by Crippen LogP contribution is -2.36. The van der Waals surface area contributed by atoms with Crippen molar-refractivity contribution in [2.45, 2.75) is 38.8 Å². The summed E-state index contributed by atoms with van der Waals surface area (Å²) in [5.41, 5.74) is -0.449. The van der Waals surface area contributed by atoms with Crippen LogP contribution in [0.5, 0.6) is 0 Å². The molecule has 0 aliphatic carbocycles. The van der Waals surface area contributed by atoms with Crippen LogP contribution in [0.2, 0.25) is 0 Å². The van der Waals surface area contributed by atoms with Crippen molar-refractivity contribution in [2.24, 2.45) is 0 Å². The number of nitrogens with one attached hydrogen (secondary N) is 1. The largest absolute Gasteiger partial charge is 0.444 e. The molecule has 6 nitrogen and oxygen atoms in total. The molecular formula is C13H20N4O2. The highest BCUT2D eigenvalue weighted by Crippen LogP contribution is 2.17. The van der Waals surface area contributed by atoms with Crippen molar-refractivity contribution in [3.05, 3.63) is 18.6 Å². The number of ether oxygens (including phenoxy) is 1. The first-order valence-electron chi connectivity index (χ1n) is 6.44. The Morgan fingerprint density at radius 1 is 1.53 bits per heavy atom. The second kappa shape index (κ2) is 5.42. The first-order valence-corrected chi connectivity index (χ1v) is 6.44. The molecule has 1 aliphatic heterocycles. The monoisotopic (exact) mass is 264 g/mol. The molecule has 0 aromatic carbocycles. The summed E-state index contributed by atoms with van der Waals surface area (Å²) in [4.78, 5) is 21.6. The van der Waals surface area contributed by atoms with Crippen molar-refractivity contribution >= 4 is 11.9 Å². The Morgan fingerprint density at radius 2 is 2.32 bits per heavy atom. The number of nitrogens with zero attached hydrogens (tertiary/aromatic N) is 3. The van der Waals surface area contributed by atoms with E-state index in [0.29, 0.717) is 13.1 Å². The van der Waals surface area contributed by atoms with Gasteiger partial charge in [-0.05, 0) is 33.3 Å². The van der Waals surface area contributed by atoms with E-state index in [1.807, 2.05) is 26.8 Å². The van der Waals surface area contributed by atoms with E-state index in [9.17, 15) is 4.79 Å². The Hall–Kier alpha value is -1.85. The number of anilines is 1. The highest BCUT2D eigenvalue weighted by Gasteiger charge is 2.29. The highest BCUT2D eigenvalue weighted by atomic mass is 16.6. The van der Waals surface area contributed by atoms with Crippen LogP contribution in [-0.4, -0.2) is 45.7 Å². The lowest BCUT2D eigenvalue weighted by molar-refractivity contribution is 0.0293. The van der Waals surface area contributed by atoms with E-state index < -0.39 is 5.60 Å². The van der Waals surface area contributed by atoms with E-state index in [2.05, 4.69) is 15.3 Å². The van der Waals surface area contributed by atoms with Crippen molar-refractivity contribution in [1.29, 1.82) is 0 Å². The third-order valence-electron chi connectivity index (χ3n) is 2.77. The summed E-state index contributed by atoms with van der Waals surface area (Å²) >= 11 is 0. The van der Waals surface area contributed by atoms with Crippen LogP contribution in [0, 0.1) is 0 Å². The minimum absolute atomic E-state index is 0.211. The van der Waals surface area contributed by atoms with E-state index in [1.165, 1.54) is 6.33 Å². The van der Waals surface area contributed by atoms with E-state index in [-0.39, 0.29) is 12.1 Å². The predicted molar refractivity (Wildman–Crippen MR) is 71.9 cm³/mol. The average Bonchev–Trinajstić information content (AvgIpc) is 2.77. The normalized spacial score (nSPS) is 19.3. The smallest absolute Gasteiger partial charge is 0.410 e. The molecule has 1 aromatic rings. The third-order valence-corrected chi connectivity index (χ3v) is 2.77. The molecule has 1 atom stereocenters. The zero-order valence-corrected chi connectivity index (χ0v) is 11.6. The summed E-state index contributed by atoms with van der Waals surface area (Å²) in [5, 5.41) is 3.29. The topological polar surface area (TPSA) is 67.3 Å². The Kier molecular flexibility index (Phi) is 3.87. The SMILES string of the molecule is CC(C)(C)OC(=O)N1CC[C@H](Nc2ccncn2)C1. The van der Waals surface area contributed by atoms with Crippen molar-refractivity contribution in [1.82, 2.24) is 14.9 Å². The molecule has 2 heterocycles.